The second-order valence-corrected chi connectivity index (χ2v) is 5.79. The number of hydrogen-bond donors (Lipinski definition) is 3. The standard InChI is InChI=1S/C15H14ClF3N4O4/c1-2-9-12(14(27)21-4-10(24)20-5-11(25)26)23-6-7(15(17,18)19)3-8(16)13(23)22-9/h3,6H,2,4-5H2,1H3,(H,20,24)(H,21,27)(H,25,26). The molecule has 8 nitrogen and oxygen atoms in total. The number of nitrogens with one attached hydrogen (secondary N) is 2. The molecule has 0 fully saturated rings. The fourth-order valence-electron chi connectivity index (χ4n) is 2.27. The first-order chi connectivity index (χ1) is 12.5. The number of carboxylic acid groups (broad SMARTS) is 1. The summed E-state index contributed by atoms with van der Waals surface area (Å²) in [7, 11) is 0. The number of halogens is 4. The molecule has 0 saturated carbocycles. The minimum Gasteiger partial charge on any atom is -0.480 e. The van der Waals surface area contributed by atoms with Gasteiger partial charge in [0.25, 0.3) is 5.91 Å². The molecule has 0 bridgehead atoms. The molecule has 2 rings (SSSR count). The predicted octanol–water partition coefficient (Wildman–Crippen LogP) is 1.50. The van der Waals surface area contributed by atoms with Gasteiger partial charge in [-0.2, -0.15) is 13.2 Å². The van der Waals surface area contributed by atoms with E-state index in [1.807, 2.05) is 5.32 Å². The Morgan fingerprint density at radius 2 is 1.93 bits per heavy atom. The number of aliphatic carboxylic acids is 1. The average Bonchev–Trinajstić information content (AvgIpc) is 2.96. The zero-order valence-corrected chi connectivity index (χ0v) is 14.6. The van der Waals surface area contributed by atoms with Crippen LogP contribution >= 0.6 is 11.6 Å². The maximum atomic E-state index is 13.0. The van der Waals surface area contributed by atoms with Crippen molar-refractivity contribution in [1.82, 2.24) is 20.0 Å². The van der Waals surface area contributed by atoms with Crippen LogP contribution in [0.25, 0.3) is 5.65 Å². The highest BCUT2D eigenvalue weighted by atomic mass is 35.5. The van der Waals surface area contributed by atoms with E-state index in [0.29, 0.717) is 12.3 Å². The van der Waals surface area contributed by atoms with Crippen LogP contribution in [0, 0.1) is 0 Å². The minimum absolute atomic E-state index is 0.0259. The smallest absolute Gasteiger partial charge is 0.417 e. The zero-order chi connectivity index (χ0) is 20.4. The fourth-order valence-corrected chi connectivity index (χ4v) is 2.53. The van der Waals surface area contributed by atoms with Gasteiger partial charge in [0.1, 0.15) is 12.2 Å². The van der Waals surface area contributed by atoms with Crippen molar-refractivity contribution < 1.29 is 32.7 Å². The van der Waals surface area contributed by atoms with Crippen molar-refractivity contribution in [2.75, 3.05) is 13.1 Å². The number of nitrogens with zero attached hydrogens (tertiary/aromatic N) is 2. The SMILES string of the molecule is CCc1nc2c(Cl)cc(C(F)(F)F)cn2c1C(=O)NCC(=O)NCC(=O)O. The molecule has 0 aliphatic heterocycles. The molecule has 0 saturated heterocycles. The molecule has 0 radical (unpaired) electrons. The second-order valence-electron chi connectivity index (χ2n) is 5.38. The summed E-state index contributed by atoms with van der Waals surface area (Å²) in [6.07, 6.45) is -3.75. The van der Waals surface area contributed by atoms with Gasteiger partial charge in [0, 0.05) is 6.20 Å². The highest BCUT2D eigenvalue weighted by Crippen LogP contribution is 2.33. The highest BCUT2D eigenvalue weighted by molar-refractivity contribution is 6.33. The Bertz CT molecular complexity index is 911. The summed E-state index contributed by atoms with van der Waals surface area (Å²) in [4.78, 5) is 38.4. The topological polar surface area (TPSA) is 113 Å². The van der Waals surface area contributed by atoms with E-state index in [4.69, 9.17) is 16.7 Å². The van der Waals surface area contributed by atoms with Gasteiger partial charge in [-0.3, -0.25) is 18.8 Å². The molecule has 0 aromatic carbocycles. The molecule has 2 heterocycles. The van der Waals surface area contributed by atoms with Crippen molar-refractivity contribution in [3.63, 3.8) is 0 Å². The fraction of sp³-hybridized carbons (Fsp3) is 0.333. The van der Waals surface area contributed by atoms with Crippen LogP contribution < -0.4 is 10.6 Å². The molecule has 27 heavy (non-hydrogen) atoms. The lowest BCUT2D eigenvalue weighted by molar-refractivity contribution is -0.138. The Balaban J connectivity index is 2.35. The van der Waals surface area contributed by atoms with Crippen molar-refractivity contribution in [1.29, 1.82) is 0 Å². The van der Waals surface area contributed by atoms with Crippen molar-refractivity contribution in [3.05, 3.63) is 34.2 Å². The third-order valence-corrected chi connectivity index (χ3v) is 3.75. The van der Waals surface area contributed by atoms with Gasteiger partial charge in [-0.15, -0.1) is 0 Å². The molecular formula is C15H14ClF3N4O4. The monoisotopic (exact) mass is 406 g/mol. The maximum Gasteiger partial charge on any atom is 0.417 e. The quantitative estimate of drug-likeness (QED) is 0.673. The number of aromatic nitrogens is 2. The van der Waals surface area contributed by atoms with Gasteiger partial charge in [0.05, 0.1) is 22.8 Å². The average molecular weight is 407 g/mol. The lowest BCUT2D eigenvalue weighted by Crippen LogP contribution is -2.39. The van der Waals surface area contributed by atoms with Crippen molar-refractivity contribution in [3.8, 4) is 0 Å². The summed E-state index contributed by atoms with van der Waals surface area (Å²) in [6, 6.07) is 0.713. The number of fused-ring (bicyclic) bond motifs is 1. The molecule has 12 heteroatoms. The van der Waals surface area contributed by atoms with E-state index >= 15 is 0 Å². The van der Waals surface area contributed by atoms with Crippen LogP contribution in [0.1, 0.15) is 28.7 Å². The summed E-state index contributed by atoms with van der Waals surface area (Å²) >= 11 is 5.88. The van der Waals surface area contributed by atoms with Crippen LogP contribution in [-0.2, 0) is 22.2 Å². The summed E-state index contributed by atoms with van der Waals surface area (Å²) in [5.74, 6) is -2.88. The van der Waals surface area contributed by atoms with Gasteiger partial charge in [-0.05, 0) is 12.5 Å². The van der Waals surface area contributed by atoms with Gasteiger partial charge in [-0.25, -0.2) is 4.98 Å². The first kappa shape index (κ1) is 20.5. The van der Waals surface area contributed by atoms with E-state index in [2.05, 4.69) is 10.3 Å². The number of hydrogen-bond acceptors (Lipinski definition) is 4. The summed E-state index contributed by atoms with van der Waals surface area (Å²) in [5.41, 5.74) is -1.08. The third-order valence-electron chi connectivity index (χ3n) is 3.47. The Kier molecular flexibility index (Phi) is 5.94. The summed E-state index contributed by atoms with van der Waals surface area (Å²) in [6.45, 7) is 0.459. The Morgan fingerprint density at radius 3 is 2.48 bits per heavy atom. The molecule has 146 valence electrons. The number of carbonyl (C=O) groups excluding carboxylic acids is 2. The maximum absolute atomic E-state index is 13.0. The molecular weight excluding hydrogens is 393 g/mol. The summed E-state index contributed by atoms with van der Waals surface area (Å²) in [5, 5.41) is 12.5. The molecule has 2 aromatic rings. The highest BCUT2D eigenvalue weighted by Gasteiger charge is 2.33. The van der Waals surface area contributed by atoms with Gasteiger partial charge in [0.2, 0.25) is 5.91 Å². The van der Waals surface area contributed by atoms with Crippen molar-refractivity contribution in [2.45, 2.75) is 19.5 Å². The molecule has 3 N–H and O–H groups in total. The molecule has 2 amide bonds. The number of amides is 2. The largest absolute Gasteiger partial charge is 0.480 e. The predicted molar refractivity (Wildman–Crippen MR) is 87.6 cm³/mol. The van der Waals surface area contributed by atoms with Gasteiger partial charge in [0.15, 0.2) is 5.65 Å². The Hall–Kier alpha value is -2.82. The van der Waals surface area contributed by atoms with Gasteiger partial charge < -0.3 is 15.7 Å². The van der Waals surface area contributed by atoms with E-state index in [0.717, 1.165) is 4.40 Å². The van der Waals surface area contributed by atoms with E-state index in [1.165, 1.54) is 0 Å². The number of alkyl halides is 3. The van der Waals surface area contributed by atoms with Crippen molar-refractivity contribution in [2.24, 2.45) is 0 Å². The molecule has 0 atom stereocenters. The number of aryl methyl sites for hydroxylation is 1. The lowest BCUT2D eigenvalue weighted by Gasteiger charge is -2.10. The van der Waals surface area contributed by atoms with E-state index in [-0.39, 0.29) is 28.5 Å². The van der Waals surface area contributed by atoms with Gasteiger partial charge in [-0.1, -0.05) is 18.5 Å². The number of pyridine rings is 1. The number of imidazole rings is 1. The normalized spacial score (nSPS) is 11.4. The Labute approximate surface area is 155 Å². The first-order valence-corrected chi connectivity index (χ1v) is 7.96. The van der Waals surface area contributed by atoms with Crippen LogP contribution in [0.5, 0.6) is 0 Å². The molecule has 0 aliphatic carbocycles. The van der Waals surface area contributed by atoms with E-state index in [1.54, 1.807) is 6.92 Å². The number of carboxylic acids is 1. The molecule has 0 aliphatic rings. The van der Waals surface area contributed by atoms with Crippen LogP contribution in [0.15, 0.2) is 12.3 Å². The van der Waals surface area contributed by atoms with Crippen LogP contribution in [0.3, 0.4) is 0 Å². The number of rotatable bonds is 6. The Morgan fingerprint density at radius 1 is 1.26 bits per heavy atom. The van der Waals surface area contributed by atoms with Crippen LogP contribution in [0.4, 0.5) is 13.2 Å². The second kappa shape index (κ2) is 7.82. The van der Waals surface area contributed by atoms with E-state index < -0.39 is 42.6 Å². The molecule has 0 unspecified atom stereocenters. The van der Waals surface area contributed by atoms with Crippen molar-refractivity contribution >= 4 is 35.0 Å². The lowest BCUT2D eigenvalue weighted by atomic mass is 10.2. The van der Waals surface area contributed by atoms with Gasteiger partial charge >= 0.3 is 12.1 Å². The number of carbonyl (C=O) groups is 3. The van der Waals surface area contributed by atoms with Crippen LogP contribution in [-0.4, -0.2) is 45.4 Å². The molecule has 2 aromatic heterocycles. The van der Waals surface area contributed by atoms with E-state index in [9.17, 15) is 27.6 Å². The van der Waals surface area contributed by atoms with Crippen LogP contribution in [0.2, 0.25) is 5.02 Å². The third kappa shape index (κ3) is 4.67. The molecule has 0 spiro atoms. The first-order valence-electron chi connectivity index (χ1n) is 7.59. The summed E-state index contributed by atoms with van der Waals surface area (Å²) < 4.78 is 40.0. The zero-order valence-electron chi connectivity index (χ0n) is 13.9. The minimum atomic E-state index is -4.68.